The Kier molecular flexibility index (Phi) is 4.59. The van der Waals surface area contributed by atoms with Crippen molar-refractivity contribution in [2.75, 3.05) is 23.9 Å². The number of hydrogen-bond acceptors (Lipinski definition) is 3. The van der Waals surface area contributed by atoms with Crippen molar-refractivity contribution in [2.45, 2.75) is 13.3 Å². The summed E-state index contributed by atoms with van der Waals surface area (Å²) < 4.78 is 10.8. The first-order chi connectivity index (χ1) is 6.68. The molecular weight excluding hydrogens is 196 g/mol. The van der Waals surface area contributed by atoms with Crippen LogP contribution in [-0.2, 0) is 10.8 Å². The first-order valence-corrected chi connectivity index (χ1v) is 6.38. The van der Waals surface area contributed by atoms with Crippen molar-refractivity contribution in [1.82, 2.24) is 4.98 Å². The molecule has 0 saturated carbocycles. The molecule has 0 aliphatic heterocycles. The van der Waals surface area contributed by atoms with Gasteiger partial charge in [0.1, 0.15) is 0 Å². The molecule has 1 N–H and O–H groups in total. The van der Waals surface area contributed by atoms with E-state index in [9.17, 15) is 4.21 Å². The van der Waals surface area contributed by atoms with E-state index in [1.54, 1.807) is 12.5 Å². The number of pyridine rings is 1. The van der Waals surface area contributed by atoms with Crippen LogP contribution in [0.1, 0.15) is 12.1 Å². The minimum Gasteiger partial charge on any atom is -0.385 e. The molecule has 0 aliphatic rings. The first kappa shape index (κ1) is 11.2. The lowest BCUT2D eigenvalue weighted by Gasteiger charge is -2.05. The molecule has 0 saturated heterocycles. The van der Waals surface area contributed by atoms with Crippen LogP contribution in [0.15, 0.2) is 18.3 Å². The van der Waals surface area contributed by atoms with Crippen LogP contribution in [-0.4, -0.2) is 27.7 Å². The summed E-state index contributed by atoms with van der Waals surface area (Å²) in [6, 6.07) is 3.94. The van der Waals surface area contributed by atoms with Gasteiger partial charge in [0.2, 0.25) is 0 Å². The van der Waals surface area contributed by atoms with Gasteiger partial charge < -0.3 is 5.32 Å². The average Bonchev–Trinajstić information content (AvgIpc) is 2.12. The van der Waals surface area contributed by atoms with Crippen LogP contribution >= 0.6 is 0 Å². The Morgan fingerprint density at radius 3 is 3.00 bits per heavy atom. The molecular formula is C10H16N2OS. The minimum atomic E-state index is -0.680. The summed E-state index contributed by atoms with van der Waals surface area (Å²) in [5, 5.41) is 3.27. The third-order valence-electron chi connectivity index (χ3n) is 1.83. The number of anilines is 1. The highest BCUT2D eigenvalue weighted by molar-refractivity contribution is 7.84. The molecule has 0 spiro atoms. The molecule has 1 unspecified atom stereocenters. The summed E-state index contributed by atoms with van der Waals surface area (Å²) in [4.78, 5) is 4.11. The molecule has 78 valence electrons. The zero-order chi connectivity index (χ0) is 10.4. The predicted octanol–water partition coefficient (Wildman–Crippen LogP) is 1.57. The molecule has 4 heteroatoms. The lowest BCUT2D eigenvalue weighted by Crippen LogP contribution is -2.06. The van der Waals surface area contributed by atoms with Gasteiger partial charge in [-0.15, -0.1) is 0 Å². The molecule has 1 rings (SSSR count). The molecule has 1 heterocycles. The summed E-state index contributed by atoms with van der Waals surface area (Å²) >= 11 is 0. The van der Waals surface area contributed by atoms with Crippen molar-refractivity contribution >= 4 is 16.5 Å². The van der Waals surface area contributed by atoms with Gasteiger partial charge in [-0.2, -0.15) is 0 Å². The summed E-state index contributed by atoms with van der Waals surface area (Å²) in [6.07, 6.45) is 4.46. The lowest BCUT2D eigenvalue weighted by molar-refractivity contribution is 0.685. The van der Waals surface area contributed by atoms with E-state index in [2.05, 4.69) is 10.3 Å². The Labute approximate surface area is 87.4 Å². The molecule has 0 radical (unpaired) electrons. The predicted molar refractivity (Wildman–Crippen MR) is 61.0 cm³/mol. The molecule has 1 aromatic heterocycles. The Balaban J connectivity index is 2.28. The van der Waals surface area contributed by atoms with E-state index in [4.69, 9.17) is 0 Å². The second kappa shape index (κ2) is 5.75. The maximum absolute atomic E-state index is 10.8. The van der Waals surface area contributed by atoms with Gasteiger partial charge in [-0.05, 0) is 25.5 Å². The summed E-state index contributed by atoms with van der Waals surface area (Å²) in [7, 11) is -0.680. The number of nitrogens with zero attached hydrogens (tertiary/aromatic N) is 1. The number of aromatic nitrogens is 1. The first-order valence-electron chi connectivity index (χ1n) is 4.65. The standard InChI is InChI=1S/C10H16N2OS/c1-9-8-10(4-6-11-9)12-5-3-7-14(2)13/h4,6,8H,3,5,7H2,1-2H3,(H,11,12). The monoisotopic (exact) mass is 212 g/mol. The van der Waals surface area contributed by atoms with Crippen LogP contribution < -0.4 is 5.32 Å². The highest BCUT2D eigenvalue weighted by Crippen LogP contribution is 2.06. The summed E-state index contributed by atoms with van der Waals surface area (Å²) in [5.41, 5.74) is 2.09. The van der Waals surface area contributed by atoms with E-state index in [0.29, 0.717) is 0 Å². The van der Waals surface area contributed by atoms with Gasteiger partial charge in [-0.1, -0.05) is 0 Å². The Morgan fingerprint density at radius 2 is 2.36 bits per heavy atom. The summed E-state index contributed by atoms with van der Waals surface area (Å²) in [5.74, 6) is 0.761. The third-order valence-corrected chi connectivity index (χ3v) is 2.70. The molecule has 1 atom stereocenters. The van der Waals surface area contributed by atoms with E-state index in [0.717, 1.165) is 30.1 Å². The number of nitrogens with one attached hydrogen (secondary N) is 1. The molecule has 0 bridgehead atoms. The zero-order valence-corrected chi connectivity index (χ0v) is 9.43. The Bertz CT molecular complexity index is 315. The normalized spacial score (nSPS) is 12.4. The third kappa shape index (κ3) is 4.37. The van der Waals surface area contributed by atoms with Crippen LogP contribution in [0.25, 0.3) is 0 Å². The van der Waals surface area contributed by atoms with Gasteiger partial charge in [-0.3, -0.25) is 9.19 Å². The Morgan fingerprint density at radius 1 is 1.57 bits per heavy atom. The second-order valence-corrected chi connectivity index (χ2v) is 4.80. The van der Waals surface area contributed by atoms with E-state index < -0.39 is 10.8 Å². The van der Waals surface area contributed by atoms with E-state index >= 15 is 0 Å². The molecule has 14 heavy (non-hydrogen) atoms. The van der Waals surface area contributed by atoms with E-state index in [-0.39, 0.29) is 0 Å². The van der Waals surface area contributed by atoms with E-state index in [1.807, 2.05) is 19.1 Å². The highest BCUT2D eigenvalue weighted by atomic mass is 32.2. The number of rotatable bonds is 5. The van der Waals surface area contributed by atoms with Gasteiger partial charge in [0, 0.05) is 46.9 Å². The van der Waals surface area contributed by atoms with Crippen LogP contribution in [0.3, 0.4) is 0 Å². The number of aryl methyl sites for hydroxylation is 1. The summed E-state index contributed by atoms with van der Waals surface area (Å²) in [6.45, 7) is 2.83. The van der Waals surface area contributed by atoms with Crippen LogP contribution in [0.4, 0.5) is 5.69 Å². The molecule has 0 amide bonds. The van der Waals surface area contributed by atoms with Crippen LogP contribution in [0.5, 0.6) is 0 Å². The van der Waals surface area contributed by atoms with Crippen molar-refractivity contribution in [3.05, 3.63) is 24.0 Å². The topological polar surface area (TPSA) is 42.0 Å². The largest absolute Gasteiger partial charge is 0.385 e. The van der Waals surface area contributed by atoms with Gasteiger partial charge in [0.25, 0.3) is 0 Å². The highest BCUT2D eigenvalue weighted by Gasteiger charge is 1.94. The fourth-order valence-electron chi connectivity index (χ4n) is 1.16. The molecule has 0 fully saturated rings. The van der Waals surface area contributed by atoms with Crippen molar-refractivity contribution in [3.63, 3.8) is 0 Å². The maximum Gasteiger partial charge on any atom is 0.0393 e. The smallest absolute Gasteiger partial charge is 0.0393 e. The van der Waals surface area contributed by atoms with Gasteiger partial charge >= 0.3 is 0 Å². The molecule has 3 nitrogen and oxygen atoms in total. The SMILES string of the molecule is Cc1cc(NCCCS(C)=O)ccn1. The van der Waals surface area contributed by atoms with Crippen molar-refractivity contribution in [3.8, 4) is 0 Å². The van der Waals surface area contributed by atoms with Crippen LogP contribution in [0.2, 0.25) is 0 Å². The Hall–Kier alpha value is -0.900. The number of hydrogen-bond donors (Lipinski definition) is 1. The minimum absolute atomic E-state index is 0.680. The van der Waals surface area contributed by atoms with Crippen molar-refractivity contribution in [1.29, 1.82) is 0 Å². The fraction of sp³-hybridized carbons (Fsp3) is 0.500. The quantitative estimate of drug-likeness (QED) is 0.753. The van der Waals surface area contributed by atoms with Crippen molar-refractivity contribution in [2.24, 2.45) is 0 Å². The molecule has 0 aliphatic carbocycles. The van der Waals surface area contributed by atoms with Gasteiger partial charge in [0.05, 0.1) is 0 Å². The fourth-order valence-corrected chi connectivity index (χ4v) is 1.71. The maximum atomic E-state index is 10.8. The van der Waals surface area contributed by atoms with Crippen molar-refractivity contribution < 1.29 is 4.21 Å². The van der Waals surface area contributed by atoms with Crippen LogP contribution in [0, 0.1) is 6.92 Å². The zero-order valence-electron chi connectivity index (χ0n) is 8.62. The van der Waals surface area contributed by atoms with Gasteiger partial charge in [-0.25, -0.2) is 0 Å². The molecule has 0 aromatic carbocycles. The average molecular weight is 212 g/mol. The van der Waals surface area contributed by atoms with E-state index in [1.165, 1.54) is 0 Å². The van der Waals surface area contributed by atoms with Gasteiger partial charge in [0.15, 0.2) is 0 Å². The lowest BCUT2D eigenvalue weighted by atomic mass is 10.3. The second-order valence-electron chi connectivity index (χ2n) is 3.24. The molecule has 1 aromatic rings.